The van der Waals surface area contributed by atoms with Crippen LogP contribution < -0.4 is 11.0 Å². The van der Waals surface area contributed by atoms with Crippen LogP contribution in [0.3, 0.4) is 0 Å². The van der Waals surface area contributed by atoms with E-state index in [2.05, 4.69) is 32.3 Å². The number of carbonyl (C=O) groups is 2. The predicted octanol–water partition coefficient (Wildman–Crippen LogP) is 4.85. The highest BCUT2D eigenvalue weighted by Crippen LogP contribution is 2.31. The zero-order chi connectivity index (χ0) is 33.2. The van der Waals surface area contributed by atoms with Crippen molar-refractivity contribution in [2.45, 2.75) is 94.9 Å². The van der Waals surface area contributed by atoms with Crippen LogP contribution in [0.25, 0.3) is 21.9 Å². The molecule has 0 radical (unpaired) electrons. The number of ether oxygens (including phenoxy) is 1. The third-order valence-corrected chi connectivity index (χ3v) is 10.7. The number of nitriles is 1. The number of fused-ring (bicyclic) bond motifs is 2. The zero-order valence-electron chi connectivity index (χ0n) is 27.6. The maximum atomic E-state index is 13.2. The van der Waals surface area contributed by atoms with Crippen molar-refractivity contribution in [3.05, 3.63) is 64.3 Å². The first-order valence-corrected chi connectivity index (χ1v) is 17.4. The number of para-hydroxylation sites is 1. The van der Waals surface area contributed by atoms with Crippen LogP contribution in [0.1, 0.15) is 81.4 Å². The minimum absolute atomic E-state index is 0.0434. The molecule has 0 amide bonds. The van der Waals surface area contributed by atoms with Gasteiger partial charge in [0.25, 0.3) is 0 Å². The number of benzene rings is 2. The number of likely N-dealkylation sites (tertiary alicyclic amines) is 1. The topological polar surface area (TPSA) is 135 Å². The summed E-state index contributed by atoms with van der Waals surface area (Å²) < 4.78 is 9.60. The Balaban J connectivity index is 0.868. The Bertz CT molecular complexity index is 1930. The van der Waals surface area contributed by atoms with E-state index < -0.39 is 6.04 Å². The average molecular weight is 650 g/mol. The SMILES string of the molecule is Cn1c(=O)n(C2CCC(=O)CC2=O)c2cccc(CCCOC3CCN(C4CCC(Nc5ncnc6ccc(C#N)cc56)CC4)CC3)c21. The summed E-state index contributed by atoms with van der Waals surface area (Å²) in [6.45, 7) is 2.78. The Hall–Kier alpha value is -4.40. The van der Waals surface area contributed by atoms with Crippen molar-refractivity contribution in [2.75, 3.05) is 25.0 Å². The first kappa shape index (κ1) is 32.2. The third-order valence-electron chi connectivity index (χ3n) is 10.7. The van der Waals surface area contributed by atoms with Crippen LogP contribution >= 0.6 is 0 Å². The number of anilines is 1. The van der Waals surface area contributed by atoms with Crippen molar-refractivity contribution < 1.29 is 14.3 Å². The lowest BCUT2D eigenvalue weighted by Gasteiger charge is -2.41. The van der Waals surface area contributed by atoms with E-state index >= 15 is 0 Å². The molecular formula is C37H43N7O4. The highest BCUT2D eigenvalue weighted by Gasteiger charge is 2.32. The molecule has 4 aromatic rings. The lowest BCUT2D eigenvalue weighted by atomic mass is 9.89. The summed E-state index contributed by atoms with van der Waals surface area (Å²) in [5.41, 5.74) is 3.97. The van der Waals surface area contributed by atoms with Gasteiger partial charge in [0.15, 0.2) is 5.78 Å². The predicted molar refractivity (Wildman–Crippen MR) is 183 cm³/mol. The van der Waals surface area contributed by atoms with Crippen LogP contribution in [0, 0.1) is 11.3 Å². The molecule has 48 heavy (non-hydrogen) atoms. The minimum Gasteiger partial charge on any atom is -0.378 e. The van der Waals surface area contributed by atoms with Gasteiger partial charge in [0.2, 0.25) is 0 Å². The molecule has 1 N–H and O–H groups in total. The van der Waals surface area contributed by atoms with Crippen molar-refractivity contribution in [1.82, 2.24) is 24.0 Å². The van der Waals surface area contributed by atoms with Gasteiger partial charge in [0, 0.05) is 50.6 Å². The zero-order valence-corrected chi connectivity index (χ0v) is 27.6. The average Bonchev–Trinajstić information content (AvgIpc) is 3.36. The highest BCUT2D eigenvalue weighted by atomic mass is 16.5. The Kier molecular flexibility index (Phi) is 9.37. The van der Waals surface area contributed by atoms with Crippen molar-refractivity contribution in [3.8, 4) is 6.07 Å². The molecule has 1 unspecified atom stereocenters. The molecule has 11 nitrogen and oxygen atoms in total. The van der Waals surface area contributed by atoms with E-state index in [1.54, 1.807) is 28.6 Å². The Morgan fingerprint density at radius 3 is 2.58 bits per heavy atom. The summed E-state index contributed by atoms with van der Waals surface area (Å²) in [4.78, 5) is 49.2. The molecule has 3 heterocycles. The van der Waals surface area contributed by atoms with E-state index in [-0.39, 0.29) is 29.8 Å². The molecular weight excluding hydrogens is 606 g/mol. The Morgan fingerprint density at radius 1 is 1.00 bits per heavy atom. The second-order valence-corrected chi connectivity index (χ2v) is 13.7. The van der Waals surface area contributed by atoms with E-state index in [0.717, 1.165) is 97.8 Å². The van der Waals surface area contributed by atoms with E-state index in [9.17, 15) is 19.6 Å². The fraction of sp³-hybridized carbons (Fsp3) is 0.514. The summed E-state index contributed by atoms with van der Waals surface area (Å²) in [5, 5.41) is 13.9. The van der Waals surface area contributed by atoms with Crippen molar-refractivity contribution in [2.24, 2.45) is 7.05 Å². The van der Waals surface area contributed by atoms with E-state index in [0.29, 0.717) is 37.1 Å². The van der Waals surface area contributed by atoms with Gasteiger partial charge >= 0.3 is 5.69 Å². The molecule has 2 aromatic carbocycles. The number of hydrogen-bond donors (Lipinski definition) is 1. The van der Waals surface area contributed by atoms with Crippen molar-refractivity contribution in [3.63, 3.8) is 0 Å². The fourth-order valence-electron chi connectivity index (χ4n) is 8.10. The molecule has 3 fully saturated rings. The standard InChI is InChI=1S/C37H43N7O4/c1-42-35-25(4-2-6-33(35)44(37(42)47)32-14-12-28(45)21-34(32)46)5-3-19-48-29-15-17-43(18-16-29)27-10-8-26(9-11-27)41-36-30-20-24(22-38)7-13-31(30)39-23-40-36/h2,4,6-7,13,20,23,26-27,29,32H,3,5,8-12,14-19,21H2,1H3,(H,39,40,41). The summed E-state index contributed by atoms with van der Waals surface area (Å²) >= 11 is 0. The van der Waals surface area contributed by atoms with Gasteiger partial charge in [-0.05, 0) is 87.6 Å². The summed E-state index contributed by atoms with van der Waals surface area (Å²) in [6.07, 6.45) is 10.7. The number of aromatic nitrogens is 4. The molecule has 0 bridgehead atoms. The molecule has 0 spiro atoms. The number of aryl methyl sites for hydroxylation is 2. The number of Topliss-reactive ketones (excluding diaryl/α,β-unsaturated/α-hetero) is 2. The molecule has 2 aliphatic carbocycles. The van der Waals surface area contributed by atoms with Crippen LogP contribution in [0.2, 0.25) is 0 Å². The maximum Gasteiger partial charge on any atom is 0.329 e. The lowest BCUT2D eigenvalue weighted by molar-refractivity contribution is -0.132. The molecule has 11 heteroatoms. The highest BCUT2D eigenvalue weighted by molar-refractivity contribution is 6.03. The van der Waals surface area contributed by atoms with Gasteiger partial charge < -0.3 is 15.0 Å². The molecule has 1 atom stereocenters. The molecule has 3 aliphatic rings. The molecule has 2 aromatic heterocycles. The molecule has 7 rings (SSSR count). The summed E-state index contributed by atoms with van der Waals surface area (Å²) in [7, 11) is 1.77. The van der Waals surface area contributed by atoms with Gasteiger partial charge in [0.05, 0.1) is 46.7 Å². The third kappa shape index (κ3) is 6.51. The number of ketones is 2. The van der Waals surface area contributed by atoms with Crippen molar-refractivity contribution >= 4 is 39.3 Å². The number of nitrogens with one attached hydrogen (secondary N) is 1. The van der Waals surface area contributed by atoms with Gasteiger partial charge in [0.1, 0.15) is 17.9 Å². The van der Waals surface area contributed by atoms with E-state index in [1.165, 1.54) is 0 Å². The van der Waals surface area contributed by atoms with Gasteiger partial charge in [-0.25, -0.2) is 14.8 Å². The maximum absolute atomic E-state index is 13.2. The lowest BCUT2D eigenvalue weighted by Crippen LogP contribution is -2.46. The number of carbonyl (C=O) groups excluding carboxylic acids is 2. The van der Waals surface area contributed by atoms with Gasteiger partial charge in [-0.15, -0.1) is 0 Å². The Labute approximate surface area is 279 Å². The fourth-order valence-corrected chi connectivity index (χ4v) is 8.10. The second-order valence-electron chi connectivity index (χ2n) is 13.7. The number of piperidine rings is 1. The number of imidazole rings is 1. The summed E-state index contributed by atoms with van der Waals surface area (Å²) in [5.74, 6) is 0.602. The van der Waals surface area contributed by atoms with Crippen LogP contribution in [0.5, 0.6) is 0 Å². The monoisotopic (exact) mass is 649 g/mol. The van der Waals surface area contributed by atoms with Crippen LogP contribution in [-0.4, -0.2) is 73.5 Å². The first-order chi connectivity index (χ1) is 23.4. The number of rotatable bonds is 9. The van der Waals surface area contributed by atoms with E-state index in [4.69, 9.17) is 4.74 Å². The quantitative estimate of drug-likeness (QED) is 0.199. The van der Waals surface area contributed by atoms with Gasteiger partial charge in [-0.2, -0.15) is 5.26 Å². The smallest absolute Gasteiger partial charge is 0.329 e. The molecule has 2 saturated carbocycles. The van der Waals surface area contributed by atoms with Crippen molar-refractivity contribution in [1.29, 1.82) is 5.26 Å². The number of hydrogen-bond acceptors (Lipinski definition) is 9. The molecule has 250 valence electrons. The number of nitrogens with zero attached hydrogens (tertiary/aromatic N) is 6. The van der Waals surface area contributed by atoms with Gasteiger partial charge in [-0.3, -0.25) is 18.7 Å². The molecule has 1 saturated heterocycles. The minimum atomic E-state index is -0.570. The Morgan fingerprint density at radius 2 is 1.81 bits per heavy atom. The van der Waals surface area contributed by atoms with Gasteiger partial charge in [-0.1, -0.05) is 12.1 Å². The summed E-state index contributed by atoms with van der Waals surface area (Å²) in [6, 6.07) is 14.1. The van der Waals surface area contributed by atoms with Crippen LogP contribution in [-0.2, 0) is 27.8 Å². The van der Waals surface area contributed by atoms with E-state index in [1.807, 2.05) is 24.3 Å². The molecule has 1 aliphatic heterocycles. The van der Waals surface area contributed by atoms with Crippen LogP contribution in [0.15, 0.2) is 47.5 Å². The first-order valence-electron chi connectivity index (χ1n) is 17.4. The normalized spacial score (nSPS) is 22.7. The second kappa shape index (κ2) is 14.0. The van der Waals surface area contributed by atoms with Crippen LogP contribution in [0.4, 0.5) is 5.82 Å². The largest absolute Gasteiger partial charge is 0.378 e.